The van der Waals surface area contributed by atoms with E-state index in [1.807, 2.05) is 19.1 Å². The highest BCUT2D eigenvalue weighted by Gasteiger charge is 2.20. The summed E-state index contributed by atoms with van der Waals surface area (Å²) < 4.78 is 0. The molecule has 20 heavy (non-hydrogen) atoms. The number of rotatable bonds is 2. The minimum atomic E-state index is -0.734. The Kier molecular flexibility index (Phi) is 3.28. The van der Waals surface area contributed by atoms with Crippen LogP contribution in [0.25, 0.3) is 10.8 Å². The Balaban J connectivity index is 2.16. The highest BCUT2D eigenvalue weighted by atomic mass is 16.3. The van der Waals surface area contributed by atoms with Crippen LogP contribution in [0.3, 0.4) is 0 Å². The van der Waals surface area contributed by atoms with Gasteiger partial charge in [0.2, 0.25) is 0 Å². The molecule has 0 saturated carbocycles. The SMILES string of the molecule is Cc1cc2cc(C(=O)N=O)ccc2c(C2CCCN2)n1. The van der Waals surface area contributed by atoms with E-state index in [2.05, 4.69) is 15.5 Å². The Labute approximate surface area is 116 Å². The van der Waals surface area contributed by atoms with Crippen molar-refractivity contribution in [3.8, 4) is 0 Å². The first-order valence-corrected chi connectivity index (χ1v) is 6.71. The van der Waals surface area contributed by atoms with Crippen molar-refractivity contribution in [1.82, 2.24) is 10.3 Å². The lowest BCUT2D eigenvalue weighted by atomic mass is 10.0. The highest BCUT2D eigenvalue weighted by molar-refractivity contribution is 5.99. The second-order valence-electron chi connectivity index (χ2n) is 5.13. The number of nitrogens with zero attached hydrogens (tertiary/aromatic N) is 2. The van der Waals surface area contributed by atoms with Gasteiger partial charge in [-0.1, -0.05) is 6.07 Å². The van der Waals surface area contributed by atoms with E-state index in [-0.39, 0.29) is 6.04 Å². The van der Waals surface area contributed by atoms with Gasteiger partial charge in [-0.25, -0.2) is 0 Å². The average Bonchev–Trinajstić information content (AvgIpc) is 2.98. The Morgan fingerprint density at radius 3 is 2.95 bits per heavy atom. The zero-order chi connectivity index (χ0) is 14.1. The van der Waals surface area contributed by atoms with E-state index < -0.39 is 5.91 Å². The van der Waals surface area contributed by atoms with Gasteiger partial charge in [-0.15, -0.1) is 4.91 Å². The molecule has 1 atom stereocenters. The van der Waals surface area contributed by atoms with Gasteiger partial charge in [0, 0.05) is 21.8 Å². The molecule has 1 N–H and O–H groups in total. The molecule has 1 aliphatic rings. The summed E-state index contributed by atoms with van der Waals surface area (Å²) in [6.07, 6.45) is 2.22. The number of nitrogens with one attached hydrogen (secondary N) is 1. The molecule has 2 aromatic rings. The number of amides is 1. The van der Waals surface area contributed by atoms with Gasteiger partial charge in [0.25, 0.3) is 0 Å². The van der Waals surface area contributed by atoms with Crippen molar-refractivity contribution in [3.05, 3.63) is 46.1 Å². The number of benzene rings is 1. The van der Waals surface area contributed by atoms with Crippen LogP contribution in [0.4, 0.5) is 0 Å². The third kappa shape index (κ3) is 2.20. The summed E-state index contributed by atoms with van der Waals surface area (Å²) in [5.74, 6) is -0.734. The summed E-state index contributed by atoms with van der Waals surface area (Å²) in [7, 11) is 0. The second-order valence-corrected chi connectivity index (χ2v) is 5.13. The summed E-state index contributed by atoms with van der Waals surface area (Å²) in [5.41, 5.74) is 2.25. The van der Waals surface area contributed by atoms with Crippen LogP contribution in [0.5, 0.6) is 0 Å². The van der Waals surface area contributed by atoms with E-state index >= 15 is 0 Å². The molecule has 1 amide bonds. The summed E-state index contributed by atoms with van der Waals surface area (Å²) in [5, 5.41) is 7.87. The number of hydrogen-bond donors (Lipinski definition) is 1. The molecule has 1 saturated heterocycles. The number of carbonyl (C=O) groups is 1. The first kappa shape index (κ1) is 12.9. The molecular formula is C15H15N3O2. The molecule has 1 unspecified atom stereocenters. The smallest absolute Gasteiger partial charge is 0.309 e. The Morgan fingerprint density at radius 2 is 2.25 bits per heavy atom. The summed E-state index contributed by atoms with van der Waals surface area (Å²) in [4.78, 5) is 26.4. The Bertz CT molecular complexity index is 691. The fourth-order valence-electron chi connectivity index (χ4n) is 2.79. The molecule has 1 aliphatic heterocycles. The van der Waals surface area contributed by atoms with Crippen LogP contribution in [0.1, 0.15) is 40.6 Å². The van der Waals surface area contributed by atoms with Gasteiger partial charge in [0.1, 0.15) is 0 Å². The first-order valence-electron chi connectivity index (χ1n) is 6.71. The Hall–Kier alpha value is -2.14. The molecule has 1 fully saturated rings. The van der Waals surface area contributed by atoms with Gasteiger partial charge in [-0.05, 0) is 49.9 Å². The van der Waals surface area contributed by atoms with E-state index in [1.54, 1.807) is 12.1 Å². The molecule has 1 aromatic carbocycles. The molecule has 2 heterocycles. The number of fused-ring (bicyclic) bond motifs is 1. The molecule has 0 bridgehead atoms. The maximum Gasteiger partial charge on any atom is 0.316 e. The van der Waals surface area contributed by atoms with Crippen molar-refractivity contribution in [1.29, 1.82) is 0 Å². The largest absolute Gasteiger partial charge is 0.316 e. The molecule has 102 valence electrons. The lowest BCUT2D eigenvalue weighted by Crippen LogP contribution is -2.15. The molecule has 0 spiro atoms. The van der Waals surface area contributed by atoms with E-state index in [9.17, 15) is 9.70 Å². The molecule has 3 rings (SSSR count). The Morgan fingerprint density at radius 1 is 1.40 bits per heavy atom. The van der Waals surface area contributed by atoms with Crippen LogP contribution in [-0.2, 0) is 0 Å². The predicted octanol–water partition coefficient (Wildman–Crippen LogP) is 2.87. The quantitative estimate of drug-likeness (QED) is 0.851. The van der Waals surface area contributed by atoms with Crippen molar-refractivity contribution in [2.75, 3.05) is 6.54 Å². The minimum Gasteiger partial charge on any atom is -0.309 e. The van der Waals surface area contributed by atoms with E-state index in [1.165, 1.54) is 0 Å². The maximum absolute atomic E-state index is 11.4. The van der Waals surface area contributed by atoms with Crippen molar-refractivity contribution >= 4 is 16.7 Å². The fraction of sp³-hybridized carbons (Fsp3) is 0.333. The molecular weight excluding hydrogens is 254 g/mol. The van der Waals surface area contributed by atoms with Crippen molar-refractivity contribution in [3.63, 3.8) is 0 Å². The summed E-state index contributed by atoms with van der Waals surface area (Å²) in [6.45, 7) is 2.94. The minimum absolute atomic E-state index is 0.267. The molecule has 0 radical (unpaired) electrons. The second kappa shape index (κ2) is 5.09. The van der Waals surface area contributed by atoms with Crippen LogP contribution >= 0.6 is 0 Å². The van der Waals surface area contributed by atoms with Crippen LogP contribution in [0, 0.1) is 11.8 Å². The first-order chi connectivity index (χ1) is 9.69. The summed E-state index contributed by atoms with van der Waals surface area (Å²) in [6, 6.07) is 7.40. The van der Waals surface area contributed by atoms with Crippen molar-refractivity contribution in [2.24, 2.45) is 5.18 Å². The third-order valence-electron chi connectivity index (χ3n) is 3.71. The van der Waals surface area contributed by atoms with Crippen molar-refractivity contribution < 1.29 is 4.79 Å². The van der Waals surface area contributed by atoms with Gasteiger partial charge in [-0.2, -0.15) is 0 Å². The number of pyridine rings is 1. The number of nitroso groups, excluding NO2 is 1. The maximum atomic E-state index is 11.4. The highest BCUT2D eigenvalue weighted by Crippen LogP contribution is 2.29. The zero-order valence-corrected chi connectivity index (χ0v) is 11.2. The van der Waals surface area contributed by atoms with Crippen LogP contribution in [0.15, 0.2) is 29.4 Å². The standard InChI is InChI=1S/C15H15N3O2/c1-9-7-11-8-10(15(19)18-20)4-5-12(11)14(17-9)13-3-2-6-16-13/h4-5,7-8,13,16H,2-3,6H2,1H3. The monoisotopic (exact) mass is 269 g/mol. The van der Waals surface area contributed by atoms with Gasteiger partial charge in [0.05, 0.1) is 11.7 Å². The number of carbonyl (C=O) groups excluding carboxylic acids is 1. The van der Waals surface area contributed by atoms with Gasteiger partial charge in [0.15, 0.2) is 0 Å². The molecule has 5 heteroatoms. The lowest BCUT2D eigenvalue weighted by Gasteiger charge is -2.14. The molecule has 1 aromatic heterocycles. The van der Waals surface area contributed by atoms with Gasteiger partial charge in [-0.3, -0.25) is 9.78 Å². The van der Waals surface area contributed by atoms with Crippen LogP contribution in [0.2, 0.25) is 0 Å². The van der Waals surface area contributed by atoms with Crippen LogP contribution in [-0.4, -0.2) is 17.4 Å². The van der Waals surface area contributed by atoms with Gasteiger partial charge < -0.3 is 5.32 Å². The number of aromatic nitrogens is 1. The van der Waals surface area contributed by atoms with Crippen molar-refractivity contribution in [2.45, 2.75) is 25.8 Å². The van der Waals surface area contributed by atoms with Gasteiger partial charge >= 0.3 is 5.91 Å². The van der Waals surface area contributed by atoms with E-state index in [4.69, 9.17) is 0 Å². The fourth-order valence-corrected chi connectivity index (χ4v) is 2.79. The molecule has 5 nitrogen and oxygen atoms in total. The number of aryl methyl sites for hydroxylation is 1. The molecule has 0 aliphatic carbocycles. The van der Waals surface area contributed by atoms with Crippen LogP contribution < -0.4 is 5.32 Å². The third-order valence-corrected chi connectivity index (χ3v) is 3.71. The normalized spacial score (nSPS) is 18.4. The predicted molar refractivity (Wildman–Crippen MR) is 76.6 cm³/mol. The lowest BCUT2D eigenvalue weighted by molar-refractivity contribution is 0.100. The number of hydrogen-bond acceptors (Lipinski definition) is 4. The topological polar surface area (TPSA) is 71.4 Å². The zero-order valence-electron chi connectivity index (χ0n) is 11.2. The summed E-state index contributed by atoms with van der Waals surface area (Å²) >= 11 is 0. The van der Waals surface area contributed by atoms with E-state index in [0.717, 1.165) is 41.5 Å². The van der Waals surface area contributed by atoms with E-state index in [0.29, 0.717) is 5.56 Å². The average molecular weight is 269 g/mol.